The SMILES string of the molecule is O=C1CC[C@@]2(CCCN(C[C@H]3CCOC3)CC2)N1Cc1cccnc1. The van der Waals surface area contributed by atoms with Crippen molar-refractivity contribution in [1.29, 1.82) is 0 Å². The van der Waals surface area contributed by atoms with Crippen LogP contribution in [0.2, 0.25) is 0 Å². The summed E-state index contributed by atoms with van der Waals surface area (Å²) in [6, 6.07) is 4.04. The highest BCUT2D eigenvalue weighted by Crippen LogP contribution is 2.40. The zero-order valence-corrected chi connectivity index (χ0v) is 15.0. The highest BCUT2D eigenvalue weighted by Gasteiger charge is 2.45. The fourth-order valence-electron chi connectivity index (χ4n) is 4.83. The lowest BCUT2D eigenvalue weighted by Crippen LogP contribution is -2.46. The standard InChI is InChI=1S/C20H29N3O2/c24-19-4-7-20(23(19)15-17-3-1-9-21-13-17)6-2-10-22(11-8-20)14-18-5-12-25-16-18/h1,3,9,13,18H,2,4-8,10-12,14-16H2/t18-,20-/m1/s1. The van der Waals surface area contributed by atoms with Crippen LogP contribution in [0.3, 0.4) is 0 Å². The van der Waals surface area contributed by atoms with E-state index in [1.807, 2.05) is 12.3 Å². The monoisotopic (exact) mass is 343 g/mol. The summed E-state index contributed by atoms with van der Waals surface area (Å²) < 4.78 is 5.54. The summed E-state index contributed by atoms with van der Waals surface area (Å²) >= 11 is 0. The Morgan fingerprint density at radius 1 is 1.28 bits per heavy atom. The number of aromatic nitrogens is 1. The van der Waals surface area contributed by atoms with Crippen molar-refractivity contribution in [1.82, 2.24) is 14.8 Å². The van der Waals surface area contributed by atoms with Crippen LogP contribution in [0.1, 0.15) is 44.1 Å². The van der Waals surface area contributed by atoms with E-state index < -0.39 is 0 Å². The first-order valence-corrected chi connectivity index (χ1v) is 9.75. The van der Waals surface area contributed by atoms with Gasteiger partial charge in [0, 0.05) is 50.6 Å². The average Bonchev–Trinajstić information content (AvgIpc) is 3.18. The van der Waals surface area contributed by atoms with Gasteiger partial charge < -0.3 is 14.5 Å². The molecular formula is C20H29N3O2. The molecule has 0 radical (unpaired) electrons. The molecule has 136 valence electrons. The minimum atomic E-state index is 0.0633. The van der Waals surface area contributed by atoms with Gasteiger partial charge in [-0.15, -0.1) is 0 Å². The van der Waals surface area contributed by atoms with Gasteiger partial charge in [-0.2, -0.15) is 0 Å². The summed E-state index contributed by atoms with van der Waals surface area (Å²) in [5, 5.41) is 0. The molecule has 3 saturated heterocycles. The van der Waals surface area contributed by atoms with Crippen LogP contribution in [-0.2, 0) is 16.1 Å². The van der Waals surface area contributed by atoms with Crippen LogP contribution in [0.5, 0.6) is 0 Å². The van der Waals surface area contributed by atoms with E-state index in [0.29, 0.717) is 24.8 Å². The molecule has 3 aliphatic heterocycles. The van der Waals surface area contributed by atoms with E-state index in [4.69, 9.17) is 4.74 Å². The molecule has 0 saturated carbocycles. The summed E-state index contributed by atoms with van der Waals surface area (Å²) in [6.07, 6.45) is 10.0. The minimum Gasteiger partial charge on any atom is -0.381 e. The average molecular weight is 343 g/mol. The number of pyridine rings is 1. The number of hydrogen-bond donors (Lipinski definition) is 0. The predicted molar refractivity (Wildman–Crippen MR) is 96.0 cm³/mol. The van der Waals surface area contributed by atoms with Gasteiger partial charge in [0.1, 0.15) is 0 Å². The Morgan fingerprint density at radius 2 is 2.24 bits per heavy atom. The Balaban J connectivity index is 1.43. The van der Waals surface area contributed by atoms with E-state index in [2.05, 4.69) is 20.9 Å². The van der Waals surface area contributed by atoms with E-state index in [9.17, 15) is 4.79 Å². The Labute approximate surface area is 150 Å². The van der Waals surface area contributed by atoms with Crippen LogP contribution in [0.4, 0.5) is 0 Å². The third-order valence-electron chi connectivity index (χ3n) is 6.29. The topological polar surface area (TPSA) is 45.7 Å². The lowest BCUT2D eigenvalue weighted by atomic mass is 9.87. The zero-order chi connectivity index (χ0) is 17.1. The van der Waals surface area contributed by atoms with E-state index in [-0.39, 0.29) is 5.54 Å². The van der Waals surface area contributed by atoms with E-state index in [0.717, 1.165) is 57.7 Å². The second-order valence-electron chi connectivity index (χ2n) is 7.95. The first-order chi connectivity index (χ1) is 12.3. The van der Waals surface area contributed by atoms with Crippen LogP contribution in [0, 0.1) is 5.92 Å². The number of carbonyl (C=O) groups is 1. The maximum absolute atomic E-state index is 12.6. The lowest BCUT2D eigenvalue weighted by molar-refractivity contribution is -0.132. The molecule has 4 heterocycles. The van der Waals surface area contributed by atoms with Gasteiger partial charge in [-0.25, -0.2) is 0 Å². The van der Waals surface area contributed by atoms with Gasteiger partial charge in [0.15, 0.2) is 0 Å². The molecule has 0 N–H and O–H groups in total. The minimum absolute atomic E-state index is 0.0633. The molecule has 1 aromatic rings. The van der Waals surface area contributed by atoms with Crippen LogP contribution in [-0.4, -0.2) is 59.1 Å². The first-order valence-electron chi connectivity index (χ1n) is 9.75. The van der Waals surface area contributed by atoms with Gasteiger partial charge in [-0.3, -0.25) is 9.78 Å². The van der Waals surface area contributed by atoms with Gasteiger partial charge in [-0.05, 0) is 56.2 Å². The van der Waals surface area contributed by atoms with Gasteiger partial charge in [0.05, 0.1) is 6.61 Å². The molecule has 2 atom stereocenters. The van der Waals surface area contributed by atoms with Gasteiger partial charge in [0.25, 0.3) is 0 Å². The highest BCUT2D eigenvalue weighted by molar-refractivity contribution is 5.79. The third-order valence-corrected chi connectivity index (χ3v) is 6.29. The number of likely N-dealkylation sites (tertiary alicyclic amines) is 2. The van der Waals surface area contributed by atoms with Crippen LogP contribution in [0.15, 0.2) is 24.5 Å². The number of amides is 1. The van der Waals surface area contributed by atoms with Gasteiger partial charge in [-0.1, -0.05) is 6.07 Å². The highest BCUT2D eigenvalue weighted by atomic mass is 16.5. The molecule has 4 rings (SSSR count). The van der Waals surface area contributed by atoms with Crippen molar-refractivity contribution < 1.29 is 9.53 Å². The Bertz CT molecular complexity index is 588. The summed E-state index contributed by atoms with van der Waals surface area (Å²) in [7, 11) is 0. The molecule has 0 bridgehead atoms. The van der Waals surface area contributed by atoms with E-state index in [1.54, 1.807) is 6.20 Å². The van der Waals surface area contributed by atoms with Gasteiger partial charge >= 0.3 is 0 Å². The summed E-state index contributed by atoms with van der Waals surface area (Å²) in [6.45, 7) is 5.99. The molecular weight excluding hydrogens is 314 g/mol. The van der Waals surface area contributed by atoms with Crippen molar-refractivity contribution in [3.8, 4) is 0 Å². The normalized spacial score (nSPS) is 31.0. The maximum atomic E-state index is 12.6. The number of nitrogens with zero attached hydrogens (tertiary/aromatic N) is 3. The second kappa shape index (κ2) is 7.42. The Hall–Kier alpha value is -1.46. The van der Waals surface area contributed by atoms with Crippen molar-refractivity contribution in [2.45, 2.75) is 50.6 Å². The Kier molecular flexibility index (Phi) is 5.04. The van der Waals surface area contributed by atoms with Crippen molar-refractivity contribution in [2.75, 3.05) is 32.8 Å². The lowest BCUT2D eigenvalue weighted by Gasteiger charge is -2.38. The fraction of sp³-hybridized carbons (Fsp3) is 0.700. The molecule has 5 heteroatoms. The molecule has 1 spiro atoms. The Morgan fingerprint density at radius 3 is 3.04 bits per heavy atom. The number of hydrogen-bond acceptors (Lipinski definition) is 4. The fourth-order valence-corrected chi connectivity index (χ4v) is 4.83. The molecule has 0 unspecified atom stereocenters. The largest absolute Gasteiger partial charge is 0.381 e. The third kappa shape index (κ3) is 3.72. The maximum Gasteiger partial charge on any atom is 0.223 e. The molecule has 5 nitrogen and oxygen atoms in total. The van der Waals surface area contributed by atoms with Crippen molar-refractivity contribution in [3.05, 3.63) is 30.1 Å². The van der Waals surface area contributed by atoms with Crippen LogP contribution in [0.25, 0.3) is 0 Å². The van der Waals surface area contributed by atoms with Crippen molar-refractivity contribution in [3.63, 3.8) is 0 Å². The number of carbonyl (C=O) groups excluding carboxylic acids is 1. The smallest absolute Gasteiger partial charge is 0.223 e. The van der Waals surface area contributed by atoms with Gasteiger partial charge in [0.2, 0.25) is 5.91 Å². The first kappa shape index (κ1) is 17.0. The predicted octanol–water partition coefficient (Wildman–Crippen LogP) is 2.47. The number of ether oxygens (including phenoxy) is 1. The summed E-state index contributed by atoms with van der Waals surface area (Å²) in [5.41, 5.74) is 1.20. The van der Waals surface area contributed by atoms with Crippen LogP contribution < -0.4 is 0 Å². The van der Waals surface area contributed by atoms with Crippen molar-refractivity contribution >= 4 is 5.91 Å². The molecule has 3 fully saturated rings. The second-order valence-corrected chi connectivity index (χ2v) is 7.95. The molecule has 3 aliphatic rings. The zero-order valence-electron chi connectivity index (χ0n) is 15.0. The summed E-state index contributed by atoms with van der Waals surface area (Å²) in [4.78, 5) is 21.6. The van der Waals surface area contributed by atoms with Crippen molar-refractivity contribution in [2.24, 2.45) is 5.92 Å². The molecule has 0 aromatic carbocycles. The van der Waals surface area contributed by atoms with E-state index >= 15 is 0 Å². The molecule has 1 aromatic heterocycles. The molecule has 1 amide bonds. The quantitative estimate of drug-likeness (QED) is 0.842. The van der Waals surface area contributed by atoms with E-state index in [1.165, 1.54) is 12.8 Å². The molecule has 25 heavy (non-hydrogen) atoms. The van der Waals surface area contributed by atoms with Crippen LogP contribution >= 0.6 is 0 Å². The molecule has 0 aliphatic carbocycles. The summed E-state index contributed by atoms with van der Waals surface area (Å²) in [5.74, 6) is 1.02. The number of rotatable bonds is 4.